The second kappa shape index (κ2) is 22.3. The maximum Gasteiger partial charge on any atom is 0.152 e. The highest BCUT2D eigenvalue weighted by Crippen LogP contribution is 2.29. The van der Waals surface area contributed by atoms with Crippen LogP contribution in [-0.2, 0) is 12.0 Å². The molecule has 0 saturated carbocycles. The number of aromatic nitrogens is 2. The third kappa shape index (κ3) is 14.0. The summed E-state index contributed by atoms with van der Waals surface area (Å²) in [5, 5.41) is 9.15. The van der Waals surface area contributed by atoms with E-state index in [1.807, 2.05) is 72.8 Å². The molecule has 1 N–H and O–H groups in total. The first-order valence-corrected chi connectivity index (χ1v) is 20.1. The number of hydrogen-bond donors (Lipinski definition) is 1. The first-order chi connectivity index (χ1) is 26.6. The summed E-state index contributed by atoms with van der Waals surface area (Å²) in [4.78, 5) is 9.73. The van der Waals surface area contributed by atoms with Gasteiger partial charge in [0.05, 0.1) is 12.3 Å². The van der Waals surface area contributed by atoms with Crippen molar-refractivity contribution in [2.45, 2.75) is 73.3 Å². The standard InChI is InChI=1S/C39H44ClN3O3.C7H17NO/c1-6-42(7-2)25-8-26-44-33-17-9-29(10-18-33)37-27-43(32-15-23-36(24-16-32)46-35-21-13-31(40)14-22-35)38(41-37)28-45-34-19-11-30(12-20-34)39(3,4)5;1-3-8(4-2)6-5-7-9/h9-24,27H,6-8,25-26,28H2,1-5H3;9H,3-7H2,1-2H3. The highest BCUT2D eigenvalue weighted by atomic mass is 35.5. The minimum Gasteiger partial charge on any atom is -0.494 e. The van der Waals surface area contributed by atoms with Gasteiger partial charge in [-0.15, -0.1) is 0 Å². The van der Waals surface area contributed by atoms with Gasteiger partial charge < -0.3 is 33.7 Å². The number of ether oxygens (including phenoxy) is 3. The fourth-order valence-corrected chi connectivity index (χ4v) is 6.10. The van der Waals surface area contributed by atoms with Crippen molar-refractivity contribution in [2.75, 3.05) is 52.5 Å². The minimum atomic E-state index is 0.0824. The lowest BCUT2D eigenvalue weighted by Crippen LogP contribution is -2.25. The summed E-state index contributed by atoms with van der Waals surface area (Å²) in [5.41, 5.74) is 4.17. The first kappa shape index (κ1) is 43.4. The molecule has 0 amide bonds. The van der Waals surface area contributed by atoms with Crippen molar-refractivity contribution in [2.24, 2.45) is 0 Å². The monoisotopic (exact) mass is 768 g/mol. The van der Waals surface area contributed by atoms with Crippen molar-refractivity contribution in [3.8, 4) is 39.9 Å². The Morgan fingerprint density at radius 3 is 1.71 bits per heavy atom. The lowest BCUT2D eigenvalue weighted by atomic mass is 9.87. The SMILES string of the molecule is CCN(CC)CCCO.CCN(CC)CCCOc1ccc(-c2cn(-c3ccc(Oc4ccc(Cl)cc4)cc3)c(COc3ccc(C(C)(C)C)cc3)n2)cc1. The van der Waals surface area contributed by atoms with Gasteiger partial charge in [-0.25, -0.2) is 4.98 Å². The summed E-state index contributed by atoms with van der Waals surface area (Å²) < 4.78 is 20.4. The molecule has 296 valence electrons. The number of benzene rings is 4. The number of aliphatic hydroxyl groups is 1. The van der Waals surface area contributed by atoms with Gasteiger partial charge >= 0.3 is 0 Å². The molecular formula is C46H61ClN4O4. The van der Waals surface area contributed by atoms with Crippen LogP contribution in [0.4, 0.5) is 0 Å². The minimum absolute atomic E-state index is 0.0824. The second-order valence-electron chi connectivity index (χ2n) is 14.4. The van der Waals surface area contributed by atoms with Crippen molar-refractivity contribution in [3.05, 3.63) is 120 Å². The summed E-state index contributed by atoms with van der Waals surface area (Å²) in [5.74, 6) is 3.92. The highest BCUT2D eigenvalue weighted by molar-refractivity contribution is 6.30. The normalized spacial score (nSPS) is 11.4. The molecule has 55 heavy (non-hydrogen) atoms. The Hall–Kier alpha value is -4.34. The Kier molecular flexibility index (Phi) is 17.6. The summed E-state index contributed by atoms with van der Waals surface area (Å²) in [6.45, 7) is 23.0. The fourth-order valence-electron chi connectivity index (χ4n) is 5.97. The second-order valence-corrected chi connectivity index (χ2v) is 14.8. The van der Waals surface area contributed by atoms with Crippen molar-refractivity contribution in [1.82, 2.24) is 19.4 Å². The fraction of sp³-hybridized carbons (Fsp3) is 0.413. The van der Waals surface area contributed by atoms with Gasteiger partial charge in [-0.05, 0) is 135 Å². The van der Waals surface area contributed by atoms with Gasteiger partial charge in [0.25, 0.3) is 0 Å². The molecule has 5 rings (SSSR count). The molecule has 8 nitrogen and oxygen atoms in total. The average molecular weight is 769 g/mol. The zero-order valence-electron chi connectivity index (χ0n) is 33.9. The van der Waals surface area contributed by atoms with E-state index in [4.69, 9.17) is 35.9 Å². The number of halogens is 1. The van der Waals surface area contributed by atoms with Crippen LogP contribution in [0.2, 0.25) is 5.02 Å². The number of hydrogen-bond acceptors (Lipinski definition) is 7. The molecule has 0 aliphatic carbocycles. The van der Waals surface area contributed by atoms with Crippen LogP contribution in [0.3, 0.4) is 0 Å². The van der Waals surface area contributed by atoms with E-state index in [1.54, 1.807) is 0 Å². The highest BCUT2D eigenvalue weighted by Gasteiger charge is 2.15. The molecule has 0 saturated heterocycles. The Balaban J connectivity index is 0.000000665. The lowest BCUT2D eigenvalue weighted by Gasteiger charge is -2.19. The first-order valence-electron chi connectivity index (χ1n) is 19.7. The van der Waals surface area contributed by atoms with E-state index >= 15 is 0 Å². The summed E-state index contributed by atoms with van der Waals surface area (Å²) in [6.07, 6.45) is 3.96. The molecule has 0 aliphatic rings. The molecule has 4 aromatic carbocycles. The van der Waals surface area contributed by atoms with Crippen molar-refractivity contribution < 1.29 is 19.3 Å². The number of rotatable bonds is 19. The van der Waals surface area contributed by atoms with Crippen LogP contribution in [0.1, 0.15) is 72.7 Å². The Bertz CT molecular complexity index is 1790. The average Bonchev–Trinajstić information content (AvgIpc) is 3.63. The van der Waals surface area contributed by atoms with Gasteiger partial charge in [-0.3, -0.25) is 0 Å². The number of aliphatic hydroxyl groups excluding tert-OH is 1. The Morgan fingerprint density at radius 2 is 1.16 bits per heavy atom. The third-order valence-electron chi connectivity index (χ3n) is 9.49. The van der Waals surface area contributed by atoms with E-state index in [-0.39, 0.29) is 5.41 Å². The molecule has 0 aliphatic heterocycles. The van der Waals surface area contributed by atoms with Gasteiger partial charge in [0.1, 0.15) is 29.6 Å². The molecule has 0 unspecified atom stereocenters. The van der Waals surface area contributed by atoms with Gasteiger partial charge in [0.15, 0.2) is 5.82 Å². The zero-order chi connectivity index (χ0) is 39.6. The summed E-state index contributed by atoms with van der Waals surface area (Å²) >= 11 is 6.02. The van der Waals surface area contributed by atoms with Crippen LogP contribution < -0.4 is 14.2 Å². The van der Waals surface area contributed by atoms with Gasteiger partial charge in [-0.1, -0.05) is 72.2 Å². The van der Waals surface area contributed by atoms with Crippen LogP contribution in [0.15, 0.2) is 103 Å². The molecule has 0 fully saturated rings. The van der Waals surface area contributed by atoms with Crippen LogP contribution in [-0.4, -0.2) is 76.9 Å². The third-order valence-corrected chi connectivity index (χ3v) is 9.74. The van der Waals surface area contributed by atoms with E-state index in [1.165, 1.54) is 5.56 Å². The Labute approximate surface area is 334 Å². The quantitative estimate of drug-likeness (QED) is 0.0839. The lowest BCUT2D eigenvalue weighted by molar-refractivity contribution is 0.236. The van der Waals surface area contributed by atoms with Crippen LogP contribution >= 0.6 is 11.6 Å². The topological polar surface area (TPSA) is 72.2 Å². The van der Waals surface area contributed by atoms with Crippen LogP contribution in [0, 0.1) is 0 Å². The van der Waals surface area contributed by atoms with Crippen molar-refractivity contribution in [3.63, 3.8) is 0 Å². The van der Waals surface area contributed by atoms with E-state index in [0.717, 1.165) is 97.9 Å². The molecule has 0 atom stereocenters. The molecule has 1 heterocycles. The largest absolute Gasteiger partial charge is 0.494 e. The predicted molar refractivity (Wildman–Crippen MR) is 227 cm³/mol. The molecule has 0 radical (unpaired) electrons. The summed E-state index contributed by atoms with van der Waals surface area (Å²) in [7, 11) is 0. The number of nitrogens with zero attached hydrogens (tertiary/aromatic N) is 4. The molecule has 5 aromatic rings. The van der Waals surface area contributed by atoms with Gasteiger partial charge in [-0.2, -0.15) is 0 Å². The molecule has 0 spiro atoms. The molecule has 1 aromatic heterocycles. The van der Waals surface area contributed by atoms with Gasteiger partial charge in [0.2, 0.25) is 0 Å². The smallest absolute Gasteiger partial charge is 0.152 e. The van der Waals surface area contributed by atoms with Gasteiger partial charge in [0, 0.05) is 42.2 Å². The molecule has 9 heteroatoms. The molecular weight excluding hydrogens is 708 g/mol. The predicted octanol–water partition coefficient (Wildman–Crippen LogP) is 10.7. The maximum atomic E-state index is 8.48. The summed E-state index contributed by atoms with van der Waals surface area (Å²) in [6, 6.07) is 31.7. The zero-order valence-corrected chi connectivity index (χ0v) is 34.7. The maximum absolute atomic E-state index is 8.48. The van der Waals surface area contributed by atoms with E-state index in [0.29, 0.717) is 24.8 Å². The van der Waals surface area contributed by atoms with E-state index in [2.05, 4.69) is 93.3 Å². The number of imidazole rings is 1. The van der Waals surface area contributed by atoms with E-state index in [9.17, 15) is 0 Å². The van der Waals surface area contributed by atoms with Crippen LogP contribution in [0.25, 0.3) is 16.9 Å². The van der Waals surface area contributed by atoms with Crippen molar-refractivity contribution >= 4 is 11.6 Å². The van der Waals surface area contributed by atoms with Crippen LogP contribution in [0.5, 0.6) is 23.0 Å². The van der Waals surface area contributed by atoms with E-state index < -0.39 is 0 Å². The Morgan fingerprint density at radius 1 is 0.655 bits per heavy atom. The molecule has 0 bridgehead atoms. The van der Waals surface area contributed by atoms with Crippen molar-refractivity contribution in [1.29, 1.82) is 0 Å².